The van der Waals surface area contributed by atoms with Crippen molar-refractivity contribution in [3.63, 3.8) is 0 Å². The summed E-state index contributed by atoms with van der Waals surface area (Å²) in [5.41, 5.74) is 1.63. The van der Waals surface area contributed by atoms with Gasteiger partial charge in [-0.3, -0.25) is 4.79 Å². The van der Waals surface area contributed by atoms with Crippen LogP contribution in [-0.4, -0.2) is 20.8 Å². The molecule has 106 valence electrons. The van der Waals surface area contributed by atoms with Crippen LogP contribution in [0.3, 0.4) is 0 Å². The van der Waals surface area contributed by atoms with Crippen LogP contribution in [0.4, 0.5) is 0 Å². The molecular weight excluding hydrogens is 321 g/mol. The second kappa shape index (κ2) is 6.12. The molecule has 0 atom stereocenters. The number of nitrogens with zero attached hydrogens (tertiary/aromatic N) is 3. The Morgan fingerprint density at radius 1 is 1.15 bits per heavy atom. The molecule has 0 saturated heterocycles. The van der Waals surface area contributed by atoms with Crippen LogP contribution in [0.5, 0.6) is 0 Å². The Kier molecular flexibility index (Phi) is 4.68. The van der Waals surface area contributed by atoms with Crippen molar-refractivity contribution in [1.82, 2.24) is 15.0 Å². The molecule has 0 N–H and O–H groups in total. The van der Waals surface area contributed by atoms with Crippen molar-refractivity contribution in [1.29, 1.82) is 0 Å². The quantitative estimate of drug-likeness (QED) is 0.616. The SMILES string of the molecule is CCC(=O)c1nnn(-c2cc(Cl)c(Cl)cc2Cl)c1CC. The van der Waals surface area contributed by atoms with Crippen LogP contribution in [-0.2, 0) is 6.42 Å². The van der Waals surface area contributed by atoms with E-state index in [1.807, 2.05) is 6.92 Å². The molecule has 0 spiro atoms. The van der Waals surface area contributed by atoms with Crippen LogP contribution in [0.15, 0.2) is 12.1 Å². The van der Waals surface area contributed by atoms with Crippen molar-refractivity contribution >= 4 is 40.6 Å². The molecule has 4 nitrogen and oxygen atoms in total. The molecule has 1 heterocycles. The lowest BCUT2D eigenvalue weighted by atomic mass is 10.1. The van der Waals surface area contributed by atoms with Crippen molar-refractivity contribution in [2.75, 3.05) is 0 Å². The summed E-state index contributed by atoms with van der Waals surface area (Å²) in [5, 5.41) is 9.10. The molecule has 7 heteroatoms. The van der Waals surface area contributed by atoms with E-state index in [-0.39, 0.29) is 5.78 Å². The smallest absolute Gasteiger partial charge is 0.184 e. The van der Waals surface area contributed by atoms with Crippen LogP contribution in [0.1, 0.15) is 36.5 Å². The van der Waals surface area contributed by atoms with Gasteiger partial charge in [0.1, 0.15) is 0 Å². The minimum atomic E-state index is -0.0516. The average molecular weight is 333 g/mol. The van der Waals surface area contributed by atoms with Gasteiger partial charge in [-0.2, -0.15) is 0 Å². The van der Waals surface area contributed by atoms with Gasteiger partial charge in [0, 0.05) is 6.42 Å². The van der Waals surface area contributed by atoms with Gasteiger partial charge in [-0.1, -0.05) is 53.9 Å². The molecule has 2 aromatic rings. The molecule has 0 radical (unpaired) electrons. The standard InChI is InChI=1S/C13H12Cl3N3O/c1-3-10-13(12(20)4-2)17-18-19(10)11-6-8(15)7(14)5-9(11)16/h5-6H,3-4H2,1-2H3. The molecule has 0 aliphatic carbocycles. The Morgan fingerprint density at radius 3 is 2.40 bits per heavy atom. The summed E-state index contributed by atoms with van der Waals surface area (Å²) in [7, 11) is 0. The molecule has 20 heavy (non-hydrogen) atoms. The Hall–Kier alpha value is -1.10. The molecule has 1 aromatic heterocycles. The second-order valence-corrected chi connectivity index (χ2v) is 5.37. The third kappa shape index (κ3) is 2.68. The third-order valence-electron chi connectivity index (χ3n) is 2.90. The Morgan fingerprint density at radius 2 is 1.80 bits per heavy atom. The maximum absolute atomic E-state index is 11.8. The zero-order chi connectivity index (χ0) is 14.9. The van der Waals surface area contributed by atoms with E-state index in [2.05, 4.69) is 10.3 Å². The van der Waals surface area contributed by atoms with E-state index in [1.54, 1.807) is 19.1 Å². The predicted molar refractivity (Wildman–Crippen MR) is 80.4 cm³/mol. The summed E-state index contributed by atoms with van der Waals surface area (Å²) in [6.07, 6.45) is 0.978. The first kappa shape index (κ1) is 15.3. The van der Waals surface area contributed by atoms with E-state index in [0.29, 0.717) is 45.0 Å². The van der Waals surface area contributed by atoms with Gasteiger partial charge in [0.2, 0.25) is 0 Å². The van der Waals surface area contributed by atoms with Crippen molar-refractivity contribution in [2.24, 2.45) is 0 Å². The maximum atomic E-state index is 11.8. The van der Waals surface area contributed by atoms with E-state index in [1.165, 1.54) is 4.68 Å². The summed E-state index contributed by atoms with van der Waals surface area (Å²) in [4.78, 5) is 11.8. The highest BCUT2D eigenvalue weighted by atomic mass is 35.5. The molecule has 0 amide bonds. The first-order valence-electron chi connectivity index (χ1n) is 6.12. The average Bonchev–Trinajstić information content (AvgIpc) is 2.85. The fraction of sp³-hybridized carbons (Fsp3) is 0.308. The van der Waals surface area contributed by atoms with Crippen LogP contribution in [0, 0.1) is 0 Å². The number of halogens is 3. The van der Waals surface area contributed by atoms with Gasteiger partial charge in [-0.05, 0) is 18.6 Å². The Bertz CT molecular complexity index is 667. The molecule has 0 bridgehead atoms. The molecule has 1 aromatic carbocycles. The van der Waals surface area contributed by atoms with Crippen molar-refractivity contribution in [2.45, 2.75) is 26.7 Å². The lowest BCUT2D eigenvalue weighted by Crippen LogP contribution is -2.06. The highest BCUT2D eigenvalue weighted by molar-refractivity contribution is 6.43. The highest BCUT2D eigenvalue weighted by Gasteiger charge is 2.19. The Labute approximate surface area is 131 Å². The van der Waals surface area contributed by atoms with Crippen LogP contribution >= 0.6 is 34.8 Å². The van der Waals surface area contributed by atoms with E-state index >= 15 is 0 Å². The summed E-state index contributed by atoms with van der Waals surface area (Å²) < 4.78 is 1.54. The number of hydrogen-bond acceptors (Lipinski definition) is 3. The molecule has 2 rings (SSSR count). The highest BCUT2D eigenvalue weighted by Crippen LogP contribution is 2.31. The van der Waals surface area contributed by atoms with E-state index < -0.39 is 0 Å². The van der Waals surface area contributed by atoms with Crippen LogP contribution in [0.25, 0.3) is 5.69 Å². The summed E-state index contributed by atoms with van der Waals surface area (Å²) in [6, 6.07) is 3.16. The summed E-state index contributed by atoms with van der Waals surface area (Å²) >= 11 is 18.1. The van der Waals surface area contributed by atoms with Crippen molar-refractivity contribution in [3.8, 4) is 5.69 Å². The van der Waals surface area contributed by atoms with Gasteiger partial charge < -0.3 is 0 Å². The summed E-state index contributed by atoms with van der Waals surface area (Å²) in [5.74, 6) is -0.0516. The third-order valence-corrected chi connectivity index (χ3v) is 3.93. The van der Waals surface area contributed by atoms with Crippen molar-refractivity contribution in [3.05, 3.63) is 38.6 Å². The predicted octanol–water partition coefficient (Wildman–Crippen LogP) is 4.38. The number of Topliss-reactive ketones (excluding diaryl/α,β-unsaturated/α-hetero) is 1. The zero-order valence-electron chi connectivity index (χ0n) is 11.0. The number of carbonyl (C=O) groups excluding carboxylic acids is 1. The largest absolute Gasteiger partial charge is 0.292 e. The lowest BCUT2D eigenvalue weighted by Gasteiger charge is -2.09. The Balaban J connectivity index is 2.62. The topological polar surface area (TPSA) is 47.8 Å². The second-order valence-electron chi connectivity index (χ2n) is 4.14. The van der Waals surface area contributed by atoms with E-state index in [0.717, 1.165) is 0 Å². The molecular formula is C13H12Cl3N3O. The molecule has 0 aliphatic heterocycles. The van der Waals surface area contributed by atoms with Gasteiger partial charge >= 0.3 is 0 Å². The first-order chi connectivity index (χ1) is 9.49. The van der Waals surface area contributed by atoms with Gasteiger partial charge in [0.05, 0.1) is 26.4 Å². The van der Waals surface area contributed by atoms with Crippen LogP contribution < -0.4 is 0 Å². The zero-order valence-corrected chi connectivity index (χ0v) is 13.2. The minimum Gasteiger partial charge on any atom is -0.292 e. The lowest BCUT2D eigenvalue weighted by molar-refractivity contribution is 0.0982. The molecule has 0 unspecified atom stereocenters. The number of rotatable bonds is 4. The van der Waals surface area contributed by atoms with Gasteiger partial charge in [0.15, 0.2) is 11.5 Å². The number of aromatic nitrogens is 3. The number of ketones is 1. The number of carbonyl (C=O) groups is 1. The van der Waals surface area contributed by atoms with Gasteiger partial charge in [-0.15, -0.1) is 5.10 Å². The first-order valence-corrected chi connectivity index (χ1v) is 7.25. The van der Waals surface area contributed by atoms with Gasteiger partial charge in [0.25, 0.3) is 0 Å². The molecule has 0 fully saturated rings. The number of hydrogen-bond donors (Lipinski definition) is 0. The molecule has 0 aliphatic rings. The number of benzene rings is 1. The normalized spacial score (nSPS) is 10.8. The van der Waals surface area contributed by atoms with E-state index in [9.17, 15) is 4.79 Å². The van der Waals surface area contributed by atoms with E-state index in [4.69, 9.17) is 34.8 Å². The monoisotopic (exact) mass is 331 g/mol. The molecule has 0 saturated carbocycles. The van der Waals surface area contributed by atoms with Crippen LogP contribution in [0.2, 0.25) is 15.1 Å². The van der Waals surface area contributed by atoms with Crippen molar-refractivity contribution < 1.29 is 4.79 Å². The minimum absolute atomic E-state index is 0.0516. The van der Waals surface area contributed by atoms with Gasteiger partial charge in [-0.25, -0.2) is 4.68 Å². The fourth-order valence-corrected chi connectivity index (χ4v) is 2.49. The summed E-state index contributed by atoms with van der Waals surface area (Å²) in [6.45, 7) is 3.71. The fourth-order valence-electron chi connectivity index (χ4n) is 1.87. The maximum Gasteiger partial charge on any atom is 0.184 e.